The number of alkyl halides is 3. The second-order valence-electron chi connectivity index (χ2n) is 10.9. The molecule has 46 heavy (non-hydrogen) atoms. The molecule has 2 N–H and O–H groups in total. The lowest BCUT2D eigenvalue weighted by atomic mass is 9.98. The number of nitrogens with one attached hydrogen (secondary N) is 2. The predicted octanol–water partition coefficient (Wildman–Crippen LogP) is 6.17. The number of carbonyl (C=O) groups is 2. The normalized spacial score (nSPS) is 14.1. The van der Waals surface area contributed by atoms with E-state index in [1.165, 1.54) is 37.6 Å². The fraction of sp³-hybridized carbons (Fsp3) is 0.303. The lowest BCUT2D eigenvalue weighted by molar-refractivity contribution is -0.137. The van der Waals surface area contributed by atoms with Crippen LogP contribution in [0, 0.1) is 11.7 Å². The van der Waals surface area contributed by atoms with Crippen LogP contribution in [0.4, 0.5) is 23.2 Å². The largest absolute Gasteiger partial charge is 0.491 e. The summed E-state index contributed by atoms with van der Waals surface area (Å²) in [4.78, 5) is 31.3. The smallest absolute Gasteiger partial charge is 0.416 e. The number of benzene rings is 3. The fourth-order valence-electron chi connectivity index (χ4n) is 5.03. The molecule has 0 bridgehead atoms. The van der Waals surface area contributed by atoms with Crippen molar-refractivity contribution >= 4 is 28.4 Å². The van der Waals surface area contributed by atoms with Gasteiger partial charge in [-0.2, -0.15) is 13.2 Å². The number of hydrogen-bond acceptors (Lipinski definition) is 7. The van der Waals surface area contributed by atoms with Crippen LogP contribution in [0.25, 0.3) is 10.9 Å². The molecular formula is C33H32F4N4O5. The molecule has 0 radical (unpaired) electrons. The molecule has 2 heterocycles. The van der Waals surface area contributed by atoms with Gasteiger partial charge in [-0.3, -0.25) is 14.6 Å². The number of fused-ring (bicyclic) bond motifs is 1. The summed E-state index contributed by atoms with van der Waals surface area (Å²) in [6.45, 7) is 2.43. The van der Waals surface area contributed by atoms with Crippen LogP contribution in [0.1, 0.15) is 24.0 Å². The molecule has 0 spiro atoms. The quantitative estimate of drug-likeness (QED) is 0.167. The van der Waals surface area contributed by atoms with E-state index in [1.54, 1.807) is 18.2 Å². The Morgan fingerprint density at radius 3 is 2.35 bits per heavy atom. The Balaban J connectivity index is 1.21. The van der Waals surface area contributed by atoms with Gasteiger partial charge in [-0.1, -0.05) is 12.1 Å². The Morgan fingerprint density at radius 1 is 0.957 bits per heavy atom. The van der Waals surface area contributed by atoms with Gasteiger partial charge in [0.05, 0.1) is 19.3 Å². The highest BCUT2D eigenvalue weighted by Gasteiger charge is 2.30. The molecule has 1 saturated heterocycles. The van der Waals surface area contributed by atoms with Gasteiger partial charge < -0.3 is 29.7 Å². The molecule has 0 aliphatic carbocycles. The third-order valence-corrected chi connectivity index (χ3v) is 7.66. The first kappa shape index (κ1) is 32.5. The highest BCUT2D eigenvalue weighted by molar-refractivity contribution is 6.39. The van der Waals surface area contributed by atoms with E-state index in [9.17, 15) is 22.8 Å². The number of carbonyl (C=O) groups excluding carboxylic acids is 2. The number of amides is 2. The first-order chi connectivity index (χ1) is 22.0. The second-order valence-corrected chi connectivity index (χ2v) is 10.9. The summed E-state index contributed by atoms with van der Waals surface area (Å²) in [7, 11) is 3.63. The Labute approximate surface area is 262 Å². The van der Waals surface area contributed by atoms with Crippen LogP contribution in [-0.2, 0) is 22.3 Å². The number of likely N-dealkylation sites (tertiary alicyclic amines) is 1. The molecular weight excluding hydrogens is 608 g/mol. The van der Waals surface area contributed by atoms with Crippen molar-refractivity contribution in [2.75, 3.05) is 39.2 Å². The van der Waals surface area contributed by atoms with Crippen LogP contribution >= 0.6 is 0 Å². The van der Waals surface area contributed by atoms with Crippen LogP contribution in [0.15, 0.2) is 66.9 Å². The summed E-state index contributed by atoms with van der Waals surface area (Å²) in [5.74, 6) is -1.34. The lowest BCUT2D eigenvalue weighted by Crippen LogP contribution is -2.35. The van der Waals surface area contributed by atoms with Gasteiger partial charge >= 0.3 is 18.0 Å². The van der Waals surface area contributed by atoms with Crippen LogP contribution in [0.3, 0.4) is 0 Å². The molecule has 9 nitrogen and oxygen atoms in total. The van der Waals surface area contributed by atoms with Crippen LogP contribution in [0.2, 0.25) is 0 Å². The minimum Gasteiger partial charge on any atom is -0.491 e. The summed E-state index contributed by atoms with van der Waals surface area (Å²) >= 11 is 0. The summed E-state index contributed by atoms with van der Waals surface area (Å²) in [6, 6.07) is 12.9. The highest BCUT2D eigenvalue weighted by atomic mass is 19.4. The van der Waals surface area contributed by atoms with Crippen molar-refractivity contribution in [1.29, 1.82) is 0 Å². The van der Waals surface area contributed by atoms with Crippen molar-refractivity contribution in [3.05, 3.63) is 83.8 Å². The van der Waals surface area contributed by atoms with Gasteiger partial charge in [0, 0.05) is 29.9 Å². The molecule has 0 atom stereocenters. The monoisotopic (exact) mass is 640 g/mol. The van der Waals surface area contributed by atoms with E-state index >= 15 is 4.39 Å². The summed E-state index contributed by atoms with van der Waals surface area (Å²) < 4.78 is 70.9. The number of halogens is 4. The second kappa shape index (κ2) is 14.0. The lowest BCUT2D eigenvalue weighted by Gasteiger charge is -2.28. The third kappa shape index (κ3) is 7.83. The molecule has 2 amide bonds. The zero-order valence-corrected chi connectivity index (χ0v) is 25.1. The van der Waals surface area contributed by atoms with Crippen molar-refractivity contribution < 1.29 is 41.4 Å². The molecule has 242 valence electrons. The van der Waals surface area contributed by atoms with Crippen LogP contribution in [0.5, 0.6) is 23.0 Å². The van der Waals surface area contributed by atoms with Crippen molar-refractivity contribution in [1.82, 2.24) is 15.2 Å². The minimum atomic E-state index is -4.48. The van der Waals surface area contributed by atoms with E-state index < -0.39 is 29.4 Å². The van der Waals surface area contributed by atoms with Gasteiger partial charge in [-0.15, -0.1) is 0 Å². The Bertz CT molecular complexity index is 1710. The number of hydrogen-bond donors (Lipinski definition) is 2. The number of anilines is 1. The maximum atomic E-state index is 15.1. The summed E-state index contributed by atoms with van der Waals surface area (Å²) in [5, 5.41) is 5.17. The Hall–Kier alpha value is -4.91. The topological polar surface area (TPSA) is 102 Å². The van der Waals surface area contributed by atoms with E-state index in [0.717, 1.165) is 44.1 Å². The summed E-state index contributed by atoms with van der Waals surface area (Å²) in [5.41, 5.74) is 0.00280. The standard InChI is InChI=1S/C33H32F4N4O5/c1-41-15-12-21(13-16-41)19-45-28-10-8-24-26(11-14-38-29(24)30(28)44-2)46-27-9-7-23(17-25(27)34)40-32(43)31(42)39-18-20-3-5-22(6-4-20)33(35,36)37/h3-11,14,17,21H,12-13,15-16,18-19H2,1-2H3,(H,39,42)(H,40,43). The number of pyridine rings is 1. The molecule has 1 aromatic heterocycles. The Morgan fingerprint density at radius 2 is 1.67 bits per heavy atom. The number of methoxy groups -OCH3 is 1. The Kier molecular flexibility index (Phi) is 9.90. The molecule has 3 aromatic carbocycles. The van der Waals surface area contributed by atoms with Crippen molar-refractivity contribution in [3.63, 3.8) is 0 Å². The number of rotatable bonds is 9. The van der Waals surface area contributed by atoms with Crippen molar-refractivity contribution in [3.8, 4) is 23.0 Å². The first-order valence-electron chi connectivity index (χ1n) is 14.5. The van der Waals surface area contributed by atoms with Crippen molar-refractivity contribution in [2.24, 2.45) is 5.92 Å². The van der Waals surface area contributed by atoms with E-state index in [0.29, 0.717) is 46.2 Å². The van der Waals surface area contributed by atoms with Gasteiger partial charge in [0.2, 0.25) is 0 Å². The van der Waals surface area contributed by atoms with Crippen molar-refractivity contribution in [2.45, 2.75) is 25.6 Å². The average Bonchev–Trinajstić information content (AvgIpc) is 3.04. The molecule has 13 heteroatoms. The molecule has 4 aromatic rings. The van der Waals surface area contributed by atoms with Crippen LogP contribution < -0.4 is 24.8 Å². The molecule has 0 unspecified atom stereocenters. The van der Waals surface area contributed by atoms with Gasteiger partial charge in [0.1, 0.15) is 11.3 Å². The van der Waals surface area contributed by atoms with Crippen LogP contribution in [-0.4, -0.2) is 55.6 Å². The van der Waals surface area contributed by atoms with E-state index in [1.807, 2.05) is 0 Å². The van der Waals surface area contributed by atoms with E-state index in [2.05, 4.69) is 27.6 Å². The molecule has 5 rings (SSSR count). The van der Waals surface area contributed by atoms with Gasteiger partial charge in [0.15, 0.2) is 23.1 Å². The first-order valence-corrected chi connectivity index (χ1v) is 14.5. The SMILES string of the molecule is COc1c(OCC2CCN(C)CC2)ccc2c(Oc3ccc(NC(=O)C(=O)NCc4ccc(C(F)(F)F)cc4)cc3F)ccnc12. The fourth-order valence-corrected chi connectivity index (χ4v) is 5.03. The van der Waals surface area contributed by atoms with Gasteiger partial charge in [-0.25, -0.2) is 4.39 Å². The van der Waals surface area contributed by atoms with E-state index in [-0.39, 0.29) is 18.0 Å². The third-order valence-electron chi connectivity index (χ3n) is 7.66. The number of aromatic nitrogens is 1. The van der Waals surface area contributed by atoms with Gasteiger partial charge in [0.25, 0.3) is 0 Å². The molecule has 1 fully saturated rings. The molecule has 0 saturated carbocycles. The zero-order valence-electron chi connectivity index (χ0n) is 25.1. The number of nitrogens with zero attached hydrogens (tertiary/aromatic N) is 2. The minimum absolute atomic E-state index is 0.00723. The predicted molar refractivity (Wildman–Crippen MR) is 162 cm³/mol. The molecule has 1 aliphatic rings. The highest BCUT2D eigenvalue weighted by Crippen LogP contribution is 2.40. The van der Waals surface area contributed by atoms with E-state index in [4.69, 9.17) is 14.2 Å². The summed E-state index contributed by atoms with van der Waals surface area (Å²) in [6.07, 6.45) is -0.870. The zero-order chi connectivity index (χ0) is 32.8. The molecule has 1 aliphatic heterocycles. The maximum absolute atomic E-state index is 15.1. The average molecular weight is 641 g/mol. The number of ether oxygens (including phenoxy) is 3. The van der Waals surface area contributed by atoms with Gasteiger partial charge in [-0.05, 0) is 86.9 Å². The number of piperidine rings is 1. The maximum Gasteiger partial charge on any atom is 0.416 e.